The summed E-state index contributed by atoms with van der Waals surface area (Å²) in [5, 5.41) is 0. The van der Waals surface area contributed by atoms with Gasteiger partial charge in [-0.3, -0.25) is 9.80 Å². The third-order valence-corrected chi connectivity index (χ3v) is 6.43. The highest BCUT2D eigenvalue weighted by molar-refractivity contribution is 5.01. The second-order valence-electron chi connectivity index (χ2n) is 7.29. The first-order valence-corrected chi connectivity index (χ1v) is 8.35. The maximum absolute atomic E-state index is 2.97. The van der Waals surface area contributed by atoms with Gasteiger partial charge < -0.3 is 0 Å². The van der Waals surface area contributed by atoms with Crippen LogP contribution < -0.4 is 0 Å². The van der Waals surface area contributed by atoms with Crippen molar-refractivity contribution in [2.45, 2.75) is 70.0 Å². The molecule has 2 nitrogen and oxygen atoms in total. The quantitative estimate of drug-likeness (QED) is 0.741. The molecule has 2 heterocycles. The van der Waals surface area contributed by atoms with E-state index in [9.17, 15) is 0 Å². The third-order valence-electron chi connectivity index (χ3n) is 6.43. The smallest absolute Gasteiger partial charge is 0.0224 e. The van der Waals surface area contributed by atoms with Crippen molar-refractivity contribution < 1.29 is 0 Å². The molecule has 5 unspecified atom stereocenters. The first-order valence-electron chi connectivity index (χ1n) is 8.35. The summed E-state index contributed by atoms with van der Waals surface area (Å²) in [6.45, 7) is 6.55. The van der Waals surface area contributed by atoms with Crippen LogP contribution in [0.5, 0.6) is 0 Å². The van der Waals surface area contributed by atoms with Gasteiger partial charge in [0, 0.05) is 31.2 Å². The van der Waals surface area contributed by atoms with Crippen LogP contribution in [-0.4, -0.2) is 47.6 Å². The molecule has 2 heteroatoms. The van der Waals surface area contributed by atoms with Crippen LogP contribution in [-0.2, 0) is 0 Å². The van der Waals surface area contributed by atoms with Crippen molar-refractivity contribution >= 4 is 0 Å². The molecule has 2 saturated heterocycles. The fraction of sp³-hybridized carbons (Fsp3) is 1.00. The molecule has 0 spiro atoms. The van der Waals surface area contributed by atoms with Crippen LogP contribution in [0.3, 0.4) is 0 Å². The van der Waals surface area contributed by atoms with Gasteiger partial charge in [0.05, 0.1) is 0 Å². The summed E-state index contributed by atoms with van der Waals surface area (Å²) >= 11 is 0. The van der Waals surface area contributed by atoms with Gasteiger partial charge in [0.2, 0.25) is 0 Å². The van der Waals surface area contributed by atoms with E-state index in [4.69, 9.17) is 0 Å². The van der Waals surface area contributed by atoms with Crippen molar-refractivity contribution in [2.75, 3.05) is 19.6 Å². The summed E-state index contributed by atoms with van der Waals surface area (Å²) in [5.74, 6) is 2.16. The van der Waals surface area contributed by atoms with Gasteiger partial charge in [0.15, 0.2) is 0 Å². The molecule has 0 aromatic heterocycles. The predicted octanol–water partition coefficient (Wildman–Crippen LogP) is 2.73. The van der Waals surface area contributed by atoms with E-state index >= 15 is 0 Å². The van der Waals surface area contributed by atoms with Crippen molar-refractivity contribution in [1.29, 1.82) is 0 Å². The maximum atomic E-state index is 2.97. The van der Waals surface area contributed by atoms with Crippen LogP contribution in [0.1, 0.15) is 51.9 Å². The highest BCUT2D eigenvalue weighted by Crippen LogP contribution is 2.48. The molecule has 2 bridgehead atoms. The van der Waals surface area contributed by atoms with Crippen molar-refractivity contribution in [1.82, 2.24) is 9.80 Å². The van der Waals surface area contributed by atoms with Crippen molar-refractivity contribution in [3.63, 3.8) is 0 Å². The summed E-state index contributed by atoms with van der Waals surface area (Å²) in [5.41, 5.74) is 0. The van der Waals surface area contributed by atoms with Crippen molar-refractivity contribution in [2.24, 2.45) is 11.8 Å². The highest BCUT2D eigenvalue weighted by atomic mass is 15.3. The minimum Gasteiger partial charge on any atom is -0.298 e. The van der Waals surface area contributed by atoms with Crippen LogP contribution in [0.2, 0.25) is 0 Å². The van der Waals surface area contributed by atoms with Crippen LogP contribution in [0.25, 0.3) is 0 Å². The van der Waals surface area contributed by atoms with E-state index in [-0.39, 0.29) is 0 Å². The summed E-state index contributed by atoms with van der Waals surface area (Å²) < 4.78 is 0. The molecule has 0 N–H and O–H groups in total. The van der Waals surface area contributed by atoms with Gasteiger partial charge in [-0.25, -0.2) is 0 Å². The fourth-order valence-electron chi connectivity index (χ4n) is 5.50. The Balaban J connectivity index is 1.51. The molecule has 102 valence electrons. The predicted molar refractivity (Wildman–Crippen MR) is 74.6 cm³/mol. The SMILES string of the molecule is CCC1CN2CCCC2CN1C1CC2CCC1C2. The minimum absolute atomic E-state index is 0.865. The Morgan fingerprint density at radius 3 is 2.72 bits per heavy atom. The zero-order valence-corrected chi connectivity index (χ0v) is 11.9. The number of rotatable bonds is 2. The van der Waals surface area contributed by atoms with E-state index in [1.54, 1.807) is 12.8 Å². The average Bonchev–Trinajstić information content (AvgIpc) is 3.12. The minimum atomic E-state index is 0.865. The van der Waals surface area contributed by atoms with E-state index in [1.807, 2.05) is 0 Å². The Labute approximate surface area is 112 Å². The van der Waals surface area contributed by atoms with Crippen LogP contribution in [0.15, 0.2) is 0 Å². The lowest BCUT2D eigenvalue weighted by Gasteiger charge is -2.48. The number of hydrogen-bond acceptors (Lipinski definition) is 2. The average molecular weight is 248 g/mol. The molecule has 2 aliphatic heterocycles. The molecular formula is C16H28N2. The van der Waals surface area contributed by atoms with Gasteiger partial charge >= 0.3 is 0 Å². The van der Waals surface area contributed by atoms with E-state index in [0.29, 0.717) is 0 Å². The maximum Gasteiger partial charge on any atom is 0.0224 e. The lowest BCUT2D eigenvalue weighted by atomic mass is 9.90. The number of piperazine rings is 1. The van der Waals surface area contributed by atoms with E-state index < -0.39 is 0 Å². The topological polar surface area (TPSA) is 6.48 Å². The van der Waals surface area contributed by atoms with Crippen molar-refractivity contribution in [3.05, 3.63) is 0 Å². The molecule has 0 radical (unpaired) electrons. The summed E-state index contributed by atoms with van der Waals surface area (Å²) in [6.07, 6.45) is 10.5. The lowest BCUT2D eigenvalue weighted by molar-refractivity contribution is 0.00129. The lowest BCUT2D eigenvalue weighted by Crippen LogP contribution is -2.59. The van der Waals surface area contributed by atoms with Gasteiger partial charge in [0.1, 0.15) is 0 Å². The van der Waals surface area contributed by atoms with E-state index in [1.165, 1.54) is 51.7 Å². The van der Waals surface area contributed by atoms with Gasteiger partial charge in [-0.15, -0.1) is 0 Å². The standard InChI is InChI=1S/C16H28N2/c1-2-14-10-17-7-3-4-15(17)11-18(14)16-9-12-5-6-13(16)8-12/h12-16H,2-11H2,1H3. The molecular weight excluding hydrogens is 220 g/mol. The van der Waals surface area contributed by atoms with Gasteiger partial charge in [-0.05, 0) is 56.9 Å². The molecule has 0 amide bonds. The normalized spacial score (nSPS) is 48.8. The second-order valence-corrected chi connectivity index (χ2v) is 7.29. The zero-order chi connectivity index (χ0) is 12.1. The molecule has 4 aliphatic rings. The Bertz CT molecular complexity index is 316. The molecule has 5 atom stereocenters. The number of hydrogen-bond donors (Lipinski definition) is 0. The second kappa shape index (κ2) is 4.49. The molecule has 4 rings (SSSR count). The Morgan fingerprint density at radius 2 is 2.00 bits per heavy atom. The molecule has 2 saturated carbocycles. The Hall–Kier alpha value is -0.0800. The van der Waals surface area contributed by atoms with Gasteiger partial charge in [-0.1, -0.05) is 13.3 Å². The summed E-state index contributed by atoms with van der Waals surface area (Å²) in [7, 11) is 0. The van der Waals surface area contributed by atoms with Crippen LogP contribution >= 0.6 is 0 Å². The third kappa shape index (κ3) is 1.76. The first-order chi connectivity index (χ1) is 8.85. The van der Waals surface area contributed by atoms with E-state index in [2.05, 4.69) is 16.7 Å². The van der Waals surface area contributed by atoms with Gasteiger partial charge in [-0.2, -0.15) is 0 Å². The Morgan fingerprint density at radius 1 is 1.06 bits per heavy atom. The largest absolute Gasteiger partial charge is 0.298 e. The van der Waals surface area contributed by atoms with Crippen molar-refractivity contribution in [3.8, 4) is 0 Å². The monoisotopic (exact) mass is 248 g/mol. The molecule has 0 aromatic rings. The molecule has 0 aromatic carbocycles. The zero-order valence-electron chi connectivity index (χ0n) is 11.9. The fourth-order valence-corrected chi connectivity index (χ4v) is 5.50. The molecule has 18 heavy (non-hydrogen) atoms. The summed E-state index contributed by atoms with van der Waals surface area (Å²) in [4.78, 5) is 5.76. The number of nitrogens with zero attached hydrogens (tertiary/aromatic N) is 2. The van der Waals surface area contributed by atoms with Crippen LogP contribution in [0, 0.1) is 11.8 Å². The number of fused-ring (bicyclic) bond motifs is 3. The van der Waals surface area contributed by atoms with Gasteiger partial charge in [0.25, 0.3) is 0 Å². The van der Waals surface area contributed by atoms with E-state index in [0.717, 1.165) is 30.0 Å². The highest BCUT2D eigenvalue weighted by Gasteiger charge is 2.46. The first kappa shape index (κ1) is 11.7. The summed E-state index contributed by atoms with van der Waals surface area (Å²) in [6, 6.07) is 2.74. The molecule has 2 aliphatic carbocycles. The molecule has 4 fully saturated rings. The van der Waals surface area contributed by atoms with Crippen LogP contribution in [0.4, 0.5) is 0 Å². The Kier molecular flexibility index (Phi) is 2.92.